The zero-order valence-corrected chi connectivity index (χ0v) is 15.4. The van der Waals surface area contributed by atoms with E-state index in [4.69, 9.17) is 18.9 Å². The van der Waals surface area contributed by atoms with E-state index >= 15 is 0 Å². The quantitative estimate of drug-likeness (QED) is 0.738. The summed E-state index contributed by atoms with van der Waals surface area (Å²) in [5.74, 6) is 3.46. The first-order valence-electron chi connectivity index (χ1n) is 6.76. The molecule has 0 unspecified atom stereocenters. The average molecular weight is 375 g/mol. The molecule has 0 N–H and O–H groups in total. The van der Waals surface area contributed by atoms with Gasteiger partial charge in [0, 0.05) is 0 Å². The number of hydrogen-bond acceptors (Lipinski definition) is 8. The van der Waals surface area contributed by atoms with E-state index in [1.54, 1.807) is 46.2 Å². The molecule has 4 rings (SSSR count). The highest BCUT2D eigenvalue weighted by Gasteiger charge is 2.32. The van der Waals surface area contributed by atoms with Crippen LogP contribution in [0.2, 0.25) is 0 Å². The molecule has 0 fully saturated rings. The second kappa shape index (κ2) is 6.07. The number of hydrogen-bond donors (Lipinski definition) is 0. The van der Waals surface area contributed by atoms with E-state index in [1.807, 2.05) is 0 Å². The number of thiophene rings is 2. The molecule has 2 aliphatic heterocycles. The lowest BCUT2D eigenvalue weighted by Gasteiger charge is -2.18. The van der Waals surface area contributed by atoms with E-state index < -0.39 is 0 Å². The molecule has 2 aromatic rings. The Labute approximate surface area is 145 Å². The van der Waals surface area contributed by atoms with Crippen LogP contribution in [0.4, 0.5) is 0 Å². The molecule has 22 heavy (non-hydrogen) atoms. The SMILES string of the molecule is CSc1sc(-c2sc(SC)c3c2OCCO3)c2c1OCCO2. The predicted octanol–water partition coefficient (Wildman–Crippen LogP) is 4.46. The van der Waals surface area contributed by atoms with Crippen LogP contribution >= 0.6 is 46.2 Å². The minimum Gasteiger partial charge on any atom is -0.485 e. The zero-order chi connectivity index (χ0) is 15.1. The molecule has 8 heteroatoms. The summed E-state index contributed by atoms with van der Waals surface area (Å²) in [5, 5.41) is 0. The van der Waals surface area contributed by atoms with Gasteiger partial charge in [0.15, 0.2) is 23.0 Å². The minimum atomic E-state index is 0.588. The molecule has 0 bridgehead atoms. The molecule has 0 amide bonds. The summed E-state index contributed by atoms with van der Waals surface area (Å²) in [6.07, 6.45) is 4.12. The Kier molecular flexibility index (Phi) is 4.10. The monoisotopic (exact) mass is 374 g/mol. The summed E-state index contributed by atoms with van der Waals surface area (Å²) in [7, 11) is 0. The maximum atomic E-state index is 5.90. The largest absolute Gasteiger partial charge is 0.485 e. The maximum absolute atomic E-state index is 5.90. The van der Waals surface area contributed by atoms with Crippen LogP contribution in [0.15, 0.2) is 8.42 Å². The molecule has 118 valence electrons. The van der Waals surface area contributed by atoms with Crippen molar-refractivity contribution in [2.45, 2.75) is 8.42 Å². The van der Waals surface area contributed by atoms with Gasteiger partial charge in [0.05, 0.1) is 9.75 Å². The first kappa shape index (κ1) is 14.9. The molecule has 0 atom stereocenters. The number of ether oxygens (including phenoxy) is 4. The highest BCUT2D eigenvalue weighted by molar-refractivity contribution is 8.01. The molecular weight excluding hydrogens is 360 g/mol. The van der Waals surface area contributed by atoms with Crippen molar-refractivity contribution in [3.8, 4) is 32.8 Å². The van der Waals surface area contributed by atoms with Crippen LogP contribution in [0.1, 0.15) is 0 Å². The van der Waals surface area contributed by atoms with Gasteiger partial charge < -0.3 is 18.9 Å². The van der Waals surface area contributed by atoms with Crippen molar-refractivity contribution in [1.29, 1.82) is 0 Å². The van der Waals surface area contributed by atoms with Crippen molar-refractivity contribution in [2.24, 2.45) is 0 Å². The summed E-state index contributed by atoms with van der Waals surface area (Å²) in [6, 6.07) is 0. The second-order valence-electron chi connectivity index (χ2n) is 4.56. The number of thioether (sulfide) groups is 2. The molecular formula is C14H14O4S4. The molecule has 2 aliphatic rings. The van der Waals surface area contributed by atoms with Gasteiger partial charge in [-0.3, -0.25) is 0 Å². The highest BCUT2D eigenvalue weighted by atomic mass is 32.2. The third-order valence-electron chi connectivity index (χ3n) is 3.31. The summed E-state index contributed by atoms with van der Waals surface area (Å²) in [5.41, 5.74) is 0. The molecule has 2 aromatic heterocycles. The van der Waals surface area contributed by atoms with Crippen molar-refractivity contribution >= 4 is 46.2 Å². The van der Waals surface area contributed by atoms with Gasteiger partial charge in [-0.15, -0.1) is 46.2 Å². The van der Waals surface area contributed by atoms with Gasteiger partial charge in [-0.1, -0.05) is 0 Å². The standard InChI is InChI=1S/C14H14O4S4/c1-19-13-9-7(15-3-5-17-9)11(21-13)12-8-10(14(20-2)22-12)18-6-4-16-8/h3-6H2,1-2H3. The van der Waals surface area contributed by atoms with Gasteiger partial charge in [0.2, 0.25) is 0 Å². The normalized spacial score (nSPS) is 15.9. The summed E-state index contributed by atoms with van der Waals surface area (Å²) in [6.45, 7) is 2.39. The summed E-state index contributed by atoms with van der Waals surface area (Å²) >= 11 is 6.79. The molecule has 0 spiro atoms. The predicted molar refractivity (Wildman–Crippen MR) is 93.2 cm³/mol. The van der Waals surface area contributed by atoms with Gasteiger partial charge in [-0.25, -0.2) is 0 Å². The fourth-order valence-electron chi connectivity index (χ4n) is 2.42. The Morgan fingerprint density at radius 3 is 1.36 bits per heavy atom. The van der Waals surface area contributed by atoms with Gasteiger partial charge in [0.25, 0.3) is 0 Å². The van der Waals surface area contributed by atoms with Crippen LogP contribution in [0.3, 0.4) is 0 Å². The second-order valence-corrected chi connectivity index (χ2v) is 8.75. The lowest BCUT2D eigenvalue weighted by Crippen LogP contribution is -2.15. The van der Waals surface area contributed by atoms with Crippen LogP contribution in [0.5, 0.6) is 23.0 Å². The topological polar surface area (TPSA) is 36.9 Å². The smallest absolute Gasteiger partial charge is 0.186 e. The van der Waals surface area contributed by atoms with E-state index in [-0.39, 0.29) is 0 Å². The molecule has 4 heterocycles. The van der Waals surface area contributed by atoms with Crippen LogP contribution in [-0.4, -0.2) is 38.9 Å². The molecule has 0 radical (unpaired) electrons. The van der Waals surface area contributed by atoms with Crippen molar-refractivity contribution in [1.82, 2.24) is 0 Å². The summed E-state index contributed by atoms with van der Waals surface area (Å²) < 4.78 is 25.7. The molecule has 0 saturated heterocycles. The van der Waals surface area contributed by atoms with Crippen LogP contribution in [0, 0.1) is 0 Å². The Hall–Kier alpha value is -0.700. The van der Waals surface area contributed by atoms with E-state index in [2.05, 4.69) is 12.5 Å². The summed E-state index contributed by atoms with van der Waals surface area (Å²) in [4.78, 5) is 2.18. The van der Waals surface area contributed by atoms with Gasteiger partial charge in [-0.2, -0.15) is 0 Å². The molecule has 0 aromatic carbocycles. The number of fused-ring (bicyclic) bond motifs is 2. The number of rotatable bonds is 3. The maximum Gasteiger partial charge on any atom is 0.186 e. The van der Waals surface area contributed by atoms with E-state index in [0.29, 0.717) is 26.4 Å². The molecule has 4 nitrogen and oxygen atoms in total. The Bertz CT molecular complexity index is 646. The third kappa shape index (κ3) is 2.28. The van der Waals surface area contributed by atoms with Gasteiger partial charge >= 0.3 is 0 Å². The fourth-order valence-corrected chi connectivity index (χ4v) is 6.23. The highest BCUT2D eigenvalue weighted by Crippen LogP contribution is 2.60. The van der Waals surface area contributed by atoms with Crippen molar-refractivity contribution in [3.63, 3.8) is 0 Å². The lowest BCUT2D eigenvalue weighted by molar-refractivity contribution is 0.168. The first-order valence-corrected chi connectivity index (χ1v) is 10.8. The van der Waals surface area contributed by atoms with E-state index in [9.17, 15) is 0 Å². The first-order chi connectivity index (χ1) is 10.8. The lowest BCUT2D eigenvalue weighted by atomic mass is 10.3. The zero-order valence-electron chi connectivity index (χ0n) is 12.1. The third-order valence-corrected chi connectivity index (χ3v) is 7.98. The van der Waals surface area contributed by atoms with Gasteiger partial charge in [-0.05, 0) is 12.5 Å². The van der Waals surface area contributed by atoms with Crippen LogP contribution in [0.25, 0.3) is 9.75 Å². The Morgan fingerprint density at radius 2 is 1.00 bits per heavy atom. The molecule has 0 saturated carbocycles. The van der Waals surface area contributed by atoms with Crippen LogP contribution in [-0.2, 0) is 0 Å². The van der Waals surface area contributed by atoms with E-state index in [0.717, 1.165) is 41.2 Å². The van der Waals surface area contributed by atoms with Gasteiger partial charge in [0.1, 0.15) is 34.8 Å². The van der Waals surface area contributed by atoms with Crippen molar-refractivity contribution < 1.29 is 18.9 Å². The average Bonchev–Trinajstić information content (AvgIpc) is 3.13. The fraction of sp³-hybridized carbons (Fsp3) is 0.429. The van der Waals surface area contributed by atoms with Crippen molar-refractivity contribution in [2.75, 3.05) is 38.9 Å². The minimum absolute atomic E-state index is 0.588. The van der Waals surface area contributed by atoms with E-state index in [1.165, 1.54) is 0 Å². The van der Waals surface area contributed by atoms with Crippen LogP contribution < -0.4 is 18.9 Å². The van der Waals surface area contributed by atoms with Crippen molar-refractivity contribution in [3.05, 3.63) is 0 Å². The Balaban J connectivity index is 1.89. The Morgan fingerprint density at radius 1 is 0.636 bits per heavy atom. The molecule has 0 aliphatic carbocycles.